The summed E-state index contributed by atoms with van der Waals surface area (Å²) in [5.41, 5.74) is 2.25. The van der Waals surface area contributed by atoms with Crippen molar-refractivity contribution < 1.29 is 9.84 Å². The molecule has 0 bridgehead atoms. The van der Waals surface area contributed by atoms with Crippen LogP contribution in [0.1, 0.15) is 24.6 Å². The molecule has 1 rings (SSSR count). The molecule has 4 nitrogen and oxygen atoms in total. The van der Waals surface area contributed by atoms with Gasteiger partial charge in [-0.3, -0.25) is 4.99 Å². The molecule has 0 radical (unpaired) electrons. The number of aliphatic hydroxyl groups excluding tert-OH is 1. The van der Waals surface area contributed by atoms with Crippen molar-refractivity contribution in [3.05, 3.63) is 23.5 Å². The number of nitrogens with zero attached hydrogens (tertiary/aromatic N) is 2. The third kappa shape index (κ3) is 2.64. The fourth-order valence-electron chi connectivity index (χ4n) is 1.87. The Bertz CT molecular complexity index is 356. The zero-order valence-electron chi connectivity index (χ0n) is 10.2. The number of aliphatic imine (C=N–C) groups is 1. The third-order valence-corrected chi connectivity index (χ3v) is 2.60. The lowest BCUT2D eigenvalue weighted by atomic mass is 10.2. The Hall–Kier alpha value is -1.29. The summed E-state index contributed by atoms with van der Waals surface area (Å²) in [6.45, 7) is 3.16. The highest BCUT2D eigenvalue weighted by Crippen LogP contribution is 2.14. The normalized spacial score (nSPS) is 11.9. The van der Waals surface area contributed by atoms with Gasteiger partial charge in [0.25, 0.3) is 0 Å². The van der Waals surface area contributed by atoms with E-state index in [-0.39, 0.29) is 6.61 Å². The SMILES string of the molecule is CCc1c(C(=NC)OC)ccn1CCCO. The molecule has 0 aliphatic carbocycles. The molecule has 16 heavy (non-hydrogen) atoms. The first kappa shape index (κ1) is 12.8. The second-order valence-corrected chi connectivity index (χ2v) is 3.53. The summed E-state index contributed by atoms with van der Waals surface area (Å²) in [4.78, 5) is 4.11. The zero-order valence-corrected chi connectivity index (χ0v) is 10.2. The molecule has 1 aromatic heterocycles. The predicted octanol–water partition coefficient (Wildman–Crippen LogP) is 1.46. The van der Waals surface area contributed by atoms with Crippen LogP contribution in [-0.4, -0.2) is 36.3 Å². The molecule has 0 aromatic carbocycles. The fraction of sp³-hybridized carbons (Fsp3) is 0.583. The van der Waals surface area contributed by atoms with Gasteiger partial charge in [0.2, 0.25) is 5.90 Å². The number of aliphatic hydroxyl groups is 1. The molecule has 0 amide bonds. The van der Waals surface area contributed by atoms with Crippen molar-refractivity contribution in [3.63, 3.8) is 0 Å². The summed E-state index contributed by atoms with van der Waals surface area (Å²) < 4.78 is 7.38. The number of hydrogen-bond donors (Lipinski definition) is 1. The van der Waals surface area contributed by atoms with Crippen LogP contribution in [0.15, 0.2) is 17.3 Å². The third-order valence-electron chi connectivity index (χ3n) is 2.60. The summed E-state index contributed by atoms with van der Waals surface area (Å²) in [7, 11) is 3.36. The molecule has 1 aromatic rings. The molecule has 90 valence electrons. The van der Waals surface area contributed by atoms with Crippen LogP contribution in [0.25, 0.3) is 0 Å². The van der Waals surface area contributed by atoms with Gasteiger partial charge >= 0.3 is 0 Å². The van der Waals surface area contributed by atoms with Crippen LogP contribution in [0.2, 0.25) is 0 Å². The number of hydrogen-bond acceptors (Lipinski definition) is 3. The molecule has 0 fully saturated rings. The van der Waals surface area contributed by atoms with Crippen molar-refractivity contribution in [1.82, 2.24) is 4.57 Å². The molecule has 0 spiro atoms. The van der Waals surface area contributed by atoms with Crippen molar-refractivity contribution in [2.45, 2.75) is 26.3 Å². The molecule has 0 saturated carbocycles. The first-order valence-corrected chi connectivity index (χ1v) is 5.58. The number of rotatable bonds is 5. The lowest BCUT2D eigenvalue weighted by molar-refractivity contribution is 0.279. The molecule has 1 heterocycles. The van der Waals surface area contributed by atoms with Crippen LogP contribution in [0.5, 0.6) is 0 Å². The highest BCUT2D eigenvalue weighted by Gasteiger charge is 2.12. The van der Waals surface area contributed by atoms with Crippen molar-refractivity contribution in [2.24, 2.45) is 4.99 Å². The largest absolute Gasteiger partial charge is 0.481 e. The first-order chi connectivity index (χ1) is 7.78. The maximum atomic E-state index is 8.84. The van der Waals surface area contributed by atoms with Crippen molar-refractivity contribution in [1.29, 1.82) is 0 Å². The molecular formula is C12H20N2O2. The van der Waals surface area contributed by atoms with E-state index in [9.17, 15) is 0 Å². The Labute approximate surface area is 96.6 Å². The molecule has 0 unspecified atom stereocenters. The Morgan fingerprint density at radius 3 is 2.81 bits per heavy atom. The predicted molar refractivity (Wildman–Crippen MR) is 65.0 cm³/mol. The maximum absolute atomic E-state index is 8.84. The zero-order chi connectivity index (χ0) is 12.0. The van der Waals surface area contributed by atoms with E-state index in [0.717, 1.165) is 24.9 Å². The number of ether oxygens (including phenoxy) is 1. The lowest BCUT2D eigenvalue weighted by Crippen LogP contribution is -2.09. The summed E-state index contributed by atoms with van der Waals surface area (Å²) in [6, 6.07) is 2.02. The van der Waals surface area contributed by atoms with Gasteiger partial charge in [0.1, 0.15) is 0 Å². The quantitative estimate of drug-likeness (QED) is 0.608. The fourth-order valence-corrected chi connectivity index (χ4v) is 1.87. The number of methoxy groups -OCH3 is 1. The Balaban J connectivity index is 2.98. The second kappa shape index (κ2) is 6.33. The monoisotopic (exact) mass is 224 g/mol. The topological polar surface area (TPSA) is 46.8 Å². The number of aromatic nitrogens is 1. The Morgan fingerprint density at radius 1 is 1.56 bits per heavy atom. The summed E-state index contributed by atoms with van der Waals surface area (Å²) in [5.74, 6) is 0.666. The summed E-state index contributed by atoms with van der Waals surface area (Å²) >= 11 is 0. The average Bonchev–Trinajstić information content (AvgIpc) is 2.71. The van der Waals surface area contributed by atoms with E-state index < -0.39 is 0 Å². The van der Waals surface area contributed by atoms with Crippen LogP contribution < -0.4 is 0 Å². The van der Waals surface area contributed by atoms with Gasteiger partial charge in [0.05, 0.1) is 12.7 Å². The smallest absolute Gasteiger partial charge is 0.217 e. The van der Waals surface area contributed by atoms with Crippen LogP contribution >= 0.6 is 0 Å². The van der Waals surface area contributed by atoms with E-state index in [0.29, 0.717) is 5.90 Å². The Morgan fingerprint density at radius 2 is 2.31 bits per heavy atom. The van der Waals surface area contributed by atoms with Gasteiger partial charge in [0, 0.05) is 32.1 Å². The maximum Gasteiger partial charge on any atom is 0.217 e. The van der Waals surface area contributed by atoms with E-state index in [1.807, 2.05) is 12.3 Å². The molecule has 0 aliphatic heterocycles. The Kier molecular flexibility index (Phi) is 5.05. The molecule has 1 N–H and O–H groups in total. The lowest BCUT2D eigenvalue weighted by Gasteiger charge is -2.09. The van der Waals surface area contributed by atoms with Crippen LogP contribution in [0.3, 0.4) is 0 Å². The average molecular weight is 224 g/mol. The summed E-state index contributed by atoms with van der Waals surface area (Å²) in [5, 5.41) is 8.84. The first-order valence-electron chi connectivity index (χ1n) is 5.58. The molecular weight excluding hydrogens is 204 g/mol. The second-order valence-electron chi connectivity index (χ2n) is 3.53. The van der Waals surface area contributed by atoms with Gasteiger partial charge in [-0.1, -0.05) is 6.92 Å². The van der Waals surface area contributed by atoms with Crippen molar-refractivity contribution in [3.8, 4) is 0 Å². The van der Waals surface area contributed by atoms with Crippen LogP contribution in [0.4, 0.5) is 0 Å². The number of aryl methyl sites for hydroxylation is 1. The van der Waals surface area contributed by atoms with Crippen molar-refractivity contribution >= 4 is 5.90 Å². The van der Waals surface area contributed by atoms with Crippen LogP contribution in [0, 0.1) is 0 Å². The van der Waals surface area contributed by atoms with Crippen molar-refractivity contribution in [2.75, 3.05) is 20.8 Å². The highest BCUT2D eigenvalue weighted by molar-refractivity contribution is 5.95. The molecule has 0 aliphatic rings. The molecule has 0 atom stereocenters. The van der Waals surface area contributed by atoms with Gasteiger partial charge < -0.3 is 14.4 Å². The highest BCUT2D eigenvalue weighted by atomic mass is 16.5. The minimum Gasteiger partial charge on any atom is -0.481 e. The van der Waals surface area contributed by atoms with E-state index >= 15 is 0 Å². The van der Waals surface area contributed by atoms with Gasteiger partial charge in [-0.05, 0) is 18.9 Å². The molecule has 4 heteroatoms. The minimum atomic E-state index is 0.218. The standard InChI is InChI=1S/C12H20N2O2/c1-4-11-10(12(13-2)16-3)6-8-14(11)7-5-9-15/h6,8,15H,4-5,7,9H2,1-3H3. The van der Waals surface area contributed by atoms with Gasteiger partial charge in [-0.2, -0.15) is 0 Å². The van der Waals surface area contributed by atoms with Gasteiger partial charge in [-0.25, -0.2) is 0 Å². The van der Waals surface area contributed by atoms with E-state index in [4.69, 9.17) is 9.84 Å². The molecule has 0 saturated heterocycles. The van der Waals surface area contributed by atoms with Crippen LogP contribution in [-0.2, 0) is 17.7 Å². The van der Waals surface area contributed by atoms with E-state index in [1.54, 1.807) is 14.2 Å². The van der Waals surface area contributed by atoms with Gasteiger partial charge in [0.15, 0.2) is 0 Å². The summed E-state index contributed by atoms with van der Waals surface area (Å²) in [6.07, 6.45) is 3.72. The van der Waals surface area contributed by atoms with E-state index in [2.05, 4.69) is 16.5 Å². The minimum absolute atomic E-state index is 0.218. The van der Waals surface area contributed by atoms with E-state index in [1.165, 1.54) is 5.69 Å². The van der Waals surface area contributed by atoms with Gasteiger partial charge in [-0.15, -0.1) is 0 Å².